The molecule has 0 aliphatic rings. The van der Waals surface area contributed by atoms with E-state index >= 15 is 0 Å². The Balaban J connectivity index is 2.09. The van der Waals surface area contributed by atoms with E-state index in [9.17, 15) is 4.39 Å². The van der Waals surface area contributed by atoms with Crippen molar-refractivity contribution in [2.24, 2.45) is 5.92 Å². The monoisotopic (exact) mass is 374 g/mol. The first-order chi connectivity index (χ1) is 9.58. The van der Waals surface area contributed by atoms with E-state index in [4.69, 9.17) is 23.2 Å². The maximum absolute atomic E-state index is 13.1. The van der Waals surface area contributed by atoms with Gasteiger partial charge in [-0.05, 0) is 54.2 Å². The molecule has 1 unspecified atom stereocenters. The number of hydrogen-bond donors (Lipinski definition) is 0. The molecule has 2 rings (SSSR count). The fraction of sp³-hybridized carbons (Fsp3) is 0.250. The van der Waals surface area contributed by atoms with Gasteiger partial charge in [0.2, 0.25) is 0 Å². The first-order valence-electron chi connectivity index (χ1n) is 6.33. The van der Waals surface area contributed by atoms with Crippen LogP contribution in [0.4, 0.5) is 4.39 Å². The van der Waals surface area contributed by atoms with Gasteiger partial charge in [0, 0.05) is 15.4 Å². The highest BCUT2D eigenvalue weighted by atomic mass is 79.9. The van der Waals surface area contributed by atoms with Gasteiger partial charge in [-0.2, -0.15) is 0 Å². The molecule has 0 saturated carbocycles. The molecule has 0 amide bonds. The van der Waals surface area contributed by atoms with E-state index in [1.165, 1.54) is 17.7 Å². The smallest absolute Gasteiger partial charge is 0.124 e. The van der Waals surface area contributed by atoms with Gasteiger partial charge in [0.1, 0.15) is 5.82 Å². The van der Waals surface area contributed by atoms with Crippen LogP contribution in [-0.2, 0) is 12.8 Å². The van der Waals surface area contributed by atoms with Crippen LogP contribution in [0.25, 0.3) is 0 Å². The van der Waals surface area contributed by atoms with E-state index in [1.54, 1.807) is 6.07 Å². The molecule has 2 aromatic carbocycles. The molecule has 0 N–H and O–H groups in total. The summed E-state index contributed by atoms with van der Waals surface area (Å²) >= 11 is 15.5. The Morgan fingerprint density at radius 2 is 1.90 bits per heavy atom. The summed E-state index contributed by atoms with van der Waals surface area (Å²) in [5, 5.41) is 0.735. The third kappa shape index (κ3) is 4.47. The van der Waals surface area contributed by atoms with E-state index in [0.29, 0.717) is 5.88 Å². The highest BCUT2D eigenvalue weighted by Gasteiger charge is 2.12. The molecule has 0 bridgehead atoms. The molecule has 0 fully saturated rings. The molecule has 0 saturated heterocycles. The third-order valence-corrected chi connectivity index (χ3v) is 4.57. The first kappa shape index (κ1) is 15.8. The number of rotatable bonds is 5. The molecule has 20 heavy (non-hydrogen) atoms. The lowest BCUT2D eigenvalue weighted by Gasteiger charge is -2.15. The van der Waals surface area contributed by atoms with Crippen LogP contribution >= 0.6 is 39.1 Å². The minimum Gasteiger partial charge on any atom is -0.207 e. The number of benzene rings is 2. The van der Waals surface area contributed by atoms with Gasteiger partial charge in [-0.15, -0.1) is 11.6 Å². The zero-order valence-electron chi connectivity index (χ0n) is 10.8. The van der Waals surface area contributed by atoms with E-state index in [2.05, 4.69) is 15.9 Å². The van der Waals surface area contributed by atoms with Crippen molar-refractivity contribution in [2.75, 3.05) is 5.88 Å². The van der Waals surface area contributed by atoms with E-state index in [0.717, 1.165) is 27.9 Å². The maximum Gasteiger partial charge on any atom is 0.124 e. The second-order valence-electron chi connectivity index (χ2n) is 4.79. The van der Waals surface area contributed by atoms with Gasteiger partial charge in [-0.25, -0.2) is 4.39 Å². The SMILES string of the molecule is Fc1ccc(CC(CCl)Cc2cccc(Cl)c2)c(Br)c1. The fourth-order valence-corrected chi connectivity index (χ4v) is 3.12. The predicted octanol–water partition coefficient (Wildman–Crippen LogP) is 5.88. The lowest BCUT2D eigenvalue weighted by atomic mass is 9.94. The molecule has 0 radical (unpaired) electrons. The average molecular weight is 376 g/mol. The molecule has 4 heteroatoms. The number of hydrogen-bond acceptors (Lipinski definition) is 0. The summed E-state index contributed by atoms with van der Waals surface area (Å²) in [6.07, 6.45) is 1.66. The van der Waals surface area contributed by atoms with Crippen molar-refractivity contribution < 1.29 is 4.39 Å². The summed E-state index contributed by atoms with van der Waals surface area (Å²) in [5.74, 6) is 0.603. The largest absolute Gasteiger partial charge is 0.207 e. The van der Waals surface area contributed by atoms with Crippen LogP contribution in [0.1, 0.15) is 11.1 Å². The summed E-state index contributed by atoms with van der Waals surface area (Å²) in [6.45, 7) is 0. The lowest BCUT2D eigenvalue weighted by Crippen LogP contribution is -2.10. The number of halogens is 4. The Morgan fingerprint density at radius 3 is 2.55 bits per heavy atom. The summed E-state index contributed by atoms with van der Waals surface area (Å²) in [7, 11) is 0. The molecule has 0 aromatic heterocycles. The molecule has 0 aliphatic carbocycles. The van der Waals surface area contributed by atoms with Gasteiger partial charge in [0.25, 0.3) is 0 Å². The zero-order valence-corrected chi connectivity index (χ0v) is 13.8. The molecule has 0 nitrogen and oxygen atoms in total. The molecule has 106 valence electrons. The summed E-state index contributed by atoms with van der Waals surface area (Å²) in [6, 6.07) is 12.6. The predicted molar refractivity (Wildman–Crippen MR) is 87.2 cm³/mol. The minimum atomic E-state index is -0.238. The van der Waals surface area contributed by atoms with Crippen LogP contribution in [0.15, 0.2) is 46.9 Å². The third-order valence-electron chi connectivity index (χ3n) is 3.16. The second kappa shape index (κ2) is 7.44. The zero-order chi connectivity index (χ0) is 14.5. The van der Waals surface area contributed by atoms with Crippen molar-refractivity contribution in [1.29, 1.82) is 0 Å². The van der Waals surface area contributed by atoms with Crippen molar-refractivity contribution >= 4 is 39.1 Å². The summed E-state index contributed by atoms with van der Waals surface area (Å²) in [4.78, 5) is 0. The van der Waals surface area contributed by atoms with Crippen molar-refractivity contribution in [3.8, 4) is 0 Å². The van der Waals surface area contributed by atoms with Crippen LogP contribution in [0.3, 0.4) is 0 Å². The molecular formula is C16H14BrCl2F. The van der Waals surface area contributed by atoms with Gasteiger partial charge in [-0.3, -0.25) is 0 Å². The highest BCUT2D eigenvalue weighted by molar-refractivity contribution is 9.10. The van der Waals surface area contributed by atoms with Crippen molar-refractivity contribution in [2.45, 2.75) is 12.8 Å². The van der Waals surface area contributed by atoms with Gasteiger partial charge < -0.3 is 0 Å². The highest BCUT2D eigenvalue weighted by Crippen LogP contribution is 2.24. The topological polar surface area (TPSA) is 0 Å². The van der Waals surface area contributed by atoms with Crippen molar-refractivity contribution in [3.63, 3.8) is 0 Å². The van der Waals surface area contributed by atoms with Gasteiger partial charge in [-0.1, -0.05) is 45.7 Å². The van der Waals surface area contributed by atoms with Crippen LogP contribution in [-0.4, -0.2) is 5.88 Å². The Bertz CT molecular complexity index is 586. The Kier molecular flexibility index (Phi) is 5.88. The minimum absolute atomic E-state index is 0.238. The average Bonchev–Trinajstić information content (AvgIpc) is 2.41. The van der Waals surface area contributed by atoms with Gasteiger partial charge in [0.05, 0.1) is 0 Å². The normalized spacial score (nSPS) is 12.4. The maximum atomic E-state index is 13.1. The Morgan fingerprint density at radius 1 is 1.10 bits per heavy atom. The standard InChI is InChI=1S/C16H14BrCl2F/c17-16-9-15(20)5-4-13(16)7-12(10-18)6-11-2-1-3-14(19)8-11/h1-5,8-9,12H,6-7,10H2. The number of alkyl halides is 1. The Hall–Kier alpha value is -0.570. The molecule has 1 atom stereocenters. The molecule has 0 spiro atoms. The quantitative estimate of drug-likeness (QED) is 0.572. The Labute approximate surface area is 137 Å². The van der Waals surface area contributed by atoms with Crippen LogP contribution in [0, 0.1) is 11.7 Å². The van der Waals surface area contributed by atoms with Crippen LogP contribution < -0.4 is 0 Å². The van der Waals surface area contributed by atoms with Crippen molar-refractivity contribution in [1.82, 2.24) is 0 Å². The van der Waals surface area contributed by atoms with Gasteiger partial charge >= 0.3 is 0 Å². The van der Waals surface area contributed by atoms with Crippen LogP contribution in [0.5, 0.6) is 0 Å². The fourth-order valence-electron chi connectivity index (χ4n) is 2.18. The second-order valence-corrected chi connectivity index (χ2v) is 6.39. The lowest BCUT2D eigenvalue weighted by molar-refractivity contribution is 0.579. The van der Waals surface area contributed by atoms with Crippen LogP contribution in [0.2, 0.25) is 5.02 Å². The summed E-state index contributed by atoms with van der Waals surface area (Å²) in [5.41, 5.74) is 2.24. The van der Waals surface area contributed by atoms with E-state index < -0.39 is 0 Å². The van der Waals surface area contributed by atoms with E-state index in [-0.39, 0.29) is 11.7 Å². The first-order valence-corrected chi connectivity index (χ1v) is 8.03. The molecular weight excluding hydrogens is 362 g/mol. The van der Waals surface area contributed by atoms with Crippen molar-refractivity contribution in [3.05, 3.63) is 68.9 Å². The summed E-state index contributed by atoms with van der Waals surface area (Å²) < 4.78 is 13.9. The molecule has 0 aliphatic heterocycles. The molecule has 0 heterocycles. The van der Waals surface area contributed by atoms with E-state index in [1.807, 2.05) is 24.3 Å². The van der Waals surface area contributed by atoms with Gasteiger partial charge in [0.15, 0.2) is 0 Å². The molecule has 2 aromatic rings.